The predicted octanol–water partition coefficient (Wildman–Crippen LogP) is 5.27. The lowest BCUT2D eigenvalue weighted by Gasteiger charge is -2.20. The Morgan fingerprint density at radius 1 is 0.719 bits per heavy atom. The van der Waals surface area contributed by atoms with Crippen LogP contribution in [0.3, 0.4) is 0 Å². The summed E-state index contributed by atoms with van der Waals surface area (Å²) in [6, 6.07) is 20.4. The monoisotopic (exact) mass is 431 g/mol. The van der Waals surface area contributed by atoms with Crippen molar-refractivity contribution < 1.29 is 18.9 Å². The third kappa shape index (κ3) is 4.88. The smallest absolute Gasteiger partial charge is 0.161 e. The molecular formula is C27H29NO4. The van der Waals surface area contributed by atoms with Crippen molar-refractivity contribution in [3.8, 4) is 23.0 Å². The van der Waals surface area contributed by atoms with E-state index < -0.39 is 0 Å². The summed E-state index contributed by atoms with van der Waals surface area (Å²) in [6.45, 7) is 1.30. The molecule has 0 amide bonds. The number of hydrogen-bond donors (Lipinski definition) is 0. The molecule has 0 fully saturated rings. The molecule has 4 rings (SSSR count). The van der Waals surface area contributed by atoms with Gasteiger partial charge in [0.25, 0.3) is 0 Å². The zero-order valence-corrected chi connectivity index (χ0v) is 18.9. The Hall–Kier alpha value is -3.47. The highest BCUT2D eigenvalue weighted by atomic mass is 16.5. The minimum absolute atomic E-state index is 0.510. The van der Waals surface area contributed by atoms with Gasteiger partial charge in [0.2, 0.25) is 0 Å². The summed E-state index contributed by atoms with van der Waals surface area (Å²) in [5, 5.41) is 0. The van der Waals surface area contributed by atoms with Gasteiger partial charge in [0, 0.05) is 17.8 Å². The largest absolute Gasteiger partial charge is 0.493 e. The molecular weight excluding hydrogens is 402 g/mol. The molecule has 0 atom stereocenters. The third-order valence-electron chi connectivity index (χ3n) is 5.72. The fourth-order valence-electron chi connectivity index (χ4n) is 3.99. The molecule has 1 heterocycles. The van der Waals surface area contributed by atoms with Crippen LogP contribution in [0.4, 0.5) is 0 Å². The molecule has 0 aliphatic carbocycles. The number of fused-ring (bicyclic) bond motifs is 1. The molecule has 3 aromatic rings. The maximum absolute atomic E-state index is 6.10. The van der Waals surface area contributed by atoms with Gasteiger partial charge in [-0.1, -0.05) is 36.4 Å². The highest BCUT2D eigenvalue weighted by molar-refractivity contribution is 6.03. The lowest BCUT2D eigenvalue weighted by Crippen LogP contribution is -2.14. The molecule has 0 N–H and O–H groups in total. The standard InChI is InChI=1S/C27H29NO4/c1-29-24-12-10-19(15-25(24)30-2)9-11-23-22-17-26(31-3)27(16-21(22)13-14-28-23)32-18-20-7-5-4-6-8-20/h4-8,10,12,15-17H,9,11,13-14,18H2,1-3H3. The number of ether oxygens (including phenoxy) is 4. The molecule has 32 heavy (non-hydrogen) atoms. The van der Waals surface area contributed by atoms with Gasteiger partial charge in [0.15, 0.2) is 23.0 Å². The highest BCUT2D eigenvalue weighted by Crippen LogP contribution is 2.34. The van der Waals surface area contributed by atoms with E-state index in [4.69, 9.17) is 23.9 Å². The van der Waals surface area contributed by atoms with Crippen LogP contribution in [0.25, 0.3) is 0 Å². The zero-order valence-electron chi connectivity index (χ0n) is 18.9. The van der Waals surface area contributed by atoms with Gasteiger partial charge in [-0.15, -0.1) is 0 Å². The van der Waals surface area contributed by atoms with Gasteiger partial charge in [-0.2, -0.15) is 0 Å². The van der Waals surface area contributed by atoms with Crippen LogP contribution in [-0.4, -0.2) is 33.6 Å². The normalized spacial score (nSPS) is 12.5. The first-order chi connectivity index (χ1) is 15.7. The average molecular weight is 432 g/mol. The Balaban J connectivity index is 1.50. The summed E-state index contributed by atoms with van der Waals surface area (Å²) in [5.41, 5.74) is 5.83. The van der Waals surface area contributed by atoms with E-state index >= 15 is 0 Å². The number of aryl methyl sites for hydroxylation is 1. The van der Waals surface area contributed by atoms with Gasteiger partial charge in [-0.05, 0) is 60.2 Å². The summed E-state index contributed by atoms with van der Waals surface area (Å²) in [6.07, 6.45) is 2.62. The van der Waals surface area contributed by atoms with Gasteiger partial charge in [0.05, 0.1) is 21.3 Å². The van der Waals surface area contributed by atoms with E-state index in [2.05, 4.69) is 30.3 Å². The Bertz CT molecular complexity index is 1090. The van der Waals surface area contributed by atoms with Crippen LogP contribution < -0.4 is 18.9 Å². The SMILES string of the molecule is COc1ccc(CCC2=NCCc3cc(OCc4ccccc4)c(OC)cc32)cc1OC. The topological polar surface area (TPSA) is 49.3 Å². The van der Waals surface area contributed by atoms with Crippen LogP contribution in [0.1, 0.15) is 28.7 Å². The minimum Gasteiger partial charge on any atom is -0.493 e. The lowest BCUT2D eigenvalue weighted by molar-refractivity contribution is 0.284. The van der Waals surface area contributed by atoms with Crippen molar-refractivity contribution in [3.05, 3.63) is 82.9 Å². The Labute approximate surface area is 189 Å². The number of rotatable bonds is 9. The van der Waals surface area contributed by atoms with Crippen LogP contribution in [0, 0.1) is 0 Å². The molecule has 166 valence electrons. The van der Waals surface area contributed by atoms with E-state index in [9.17, 15) is 0 Å². The number of nitrogens with zero attached hydrogens (tertiary/aromatic N) is 1. The average Bonchev–Trinajstić information content (AvgIpc) is 2.85. The van der Waals surface area contributed by atoms with Crippen molar-refractivity contribution in [2.75, 3.05) is 27.9 Å². The van der Waals surface area contributed by atoms with Gasteiger partial charge in [-0.25, -0.2) is 0 Å². The van der Waals surface area contributed by atoms with Crippen molar-refractivity contribution in [1.29, 1.82) is 0 Å². The van der Waals surface area contributed by atoms with Crippen LogP contribution in [0.15, 0.2) is 65.7 Å². The molecule has 0 radical (unpaired) electrons. The molecule has 0 saturated heterocycles. The summed E-state index contributed by atoms with van der Waals surface area (Å²) in [4.78, 5) is 4.83. The van der Waals surface area contributed by atoms with Gasteiger partial charge in [-0.3, -0.25) is 4.99 Å². The molecule has 5 heteroatoms. The molecule has 0 saturated carbocycles. The third-order valence-corrected chi connectivity index (χ3v) is 5.72. The molecule has 0 unspecified atom stereocenters. The van der Waals surface area contributed by atoms with Gasteiger partial charge >= 0.3 is 0 Å². The van der Waals surface area contributed by atoms with Gasteiger partial charge in [0.1, 0.15) is 6.61 Å². The fourth-order valence-corrected chi connectivity index (χ4v) is 3.99. The van der Waals surface area contributed by atoms with E-state index in [1.807, 2.05) is 30.3 Å². The van der Waals surface area contributed by atoms with Crippen LogP contribution in [0.2, 0.25) is 0 Å². The van der Waals surface area contributed by atoms with Crippen LogP contribution in [-0.2, 0) is 19.4 Å². The lowest BCUT2D eigenvalue weighted by atomic mass is 9.93. The Morgan fingerprint density at radius 3 is 2.22 bits per heavy atom. The molecule has 1 aliphatic rings. The summed E-state index contributed by atoms with van der Waals surface area (Å²) in [7, 11) is 4.99. The quantitative estimate of drug-likeness (QED) is 0.463. The van der Waals surface area contributed by atoms with E-state index in [1.54, 1.807) is 21.3 Å². The molecule has 0 aromatic heterocycles. The molecule has 3 aromatic carbocycles. The summed E-state index contributed by atoms with van der Waals surface area (Å²) < 4.78 is 22.5. The van der Waals surface area contributed by atoms with E-state index in [0.717, 1.165) is 65.6 Å². The van der Waals surface area contributed by atoms with Crippen molar-refractivity contribution in [3.63, 3.8) is 0 Å². The molecule has 0 bridgehead atoms. The van der Waals surface area contributed by atoms with E-state index in [1.165, 1.54) is 11.1 Å². The van der Waals surface area contributed by atoms with Crippen molar-refractivity contribution >= 4 is 5.71 Å². The number of aliphatic imine (C=N–C) groups is 1. The van der Waals surface area contributed by atoms with Crippen LogP contribution >= 0.6 is 0 Å². The zero-order chi connectivity index (χ0) is 22.3. The number of hydrogen-bond acceptors (Lipinski definition) is 5. The van der Waals surface area contributed by atoms with E-state index in [-0.39, 0.29) is 0 Å². The first kappa shape index (κ1) is 21.8. The first-order valence-corrected chi connectivity index (χ1v) is 10.8. The van der Waals surface area contributed by atoms with Crippen molar-refractivity contribution in [2.24, 2.45) is 4.99 Å². The molecule has 5 nitrogen and oxygen atoms in total. The maximum Gasteiger partial charge on any atom is 0.161 e. The minimum atomic E-state index is 0.510. The van der Waals surface area contributed by atoms with E-state index in [0.29, 0.717) is 6.61 Å². The van der Waals surface area contributed by atoms with Crippen LogP contribution in [0.5, 0.6) is 23.0 Å². The number of methoxy groups -OCH3 is 3. The fraction of sp³-hybridized carbons (Fsp3) is 0.296. The van der Waals surface area contributed by atoms with Crippen molar-refractivity contribution in [1.82, 2.24) is 0 Å². The summed E-state index contributed by atoms with van der Waals surface area (Å²) in [5.74, 6) is 3.00. The van der Waals surface area contributed by atoms with Gasteiger partial charge < -0.3 is 18.9 Å². The number of benzene rings is 3. The van der Waals surface area contributed by atoms with Crippen molar-refractivity contribution in [2.45, 2.75) is 25.9 Å². The second kappa shape index (κ2) is 10.2. The first-order valence-electron chi connectivity index (χ1n) is 10.8. The Kier molecular flexibility index (Phi) is 6.95. The highest BCUT2D eigenvalue weighted by Gasteiger charge is 2.19. The second-order valence-electron chi connectivity index (χ2n) is 7.70. The summed E-state index contributed by atoms with van der Waals surface area (Å²) >= 11 is 0. The molecule has 1 aliphatic heterocycles. The Morgan fingerprint density at radius 2 is 1.47 bits per heavy atom. The predicted molar refractivity (Wildman–Crippen MR) is 127 cm³/mol. The maximum atomic E-state index is 6.10. The second-order valence-corrected chi connectivity index (χ2v) is 7.70. The molecule has 0 spiro atoms.